The quantitative estimate of drug-likeness (QED) is 0.675. The molecule has 2 aliphatic heterocycles. The maximum Gasteiger partial charge on any atom is 0.343 e. The molecule has 136 valence electrons. The van der Waals surface area contributed by atoms with Gasteiger partial charge in [0, 0.05) is 25.2 Å². The van der Waals surface area contributed by atoms with Gasteiger partial charge in [-0.05, 0) is 18.4 Å². The van der Waals surface area contributed by atoms with Crippen LogP contribution in [0.15, 0.2) is 30.3 Å². The normalized spacial score (nSPS) is 33.3. The van der Waals surface area contributed by atoms with Gasteiger partial charge in [0.2, 0.25) is 0 Å². The number of quaternary nitrogens is 1. The molecule has 0 radical (unpaired) electrons. The molecule has 2 bridgehead atoms. The second kappa shape index (κ2) is 6.10. The van der Waals surface area contributed by atoms with Crippen molar-refractivity contribution in [2.24, 2.45) is 5.92 Å². The first kappa shape index (κ1) is 17.0. The first-order valence-electron chi connectivity index (χ1n) is 9.76. The lowest BCUT2D eigenvalue weighted by molar-refractivity contribution is -0.913. The lowest BCUT2D eigenvalue weighted by Crippen LogP contribution is -2.49. The highest BCUT2D eigenvalue weighted by Gasteiger charge is 2.58. The number of fused-ring (bicyclic) bond motifs is 2. The molecule has 0 amide bonds. The summed E-state index contributed by atoms with van der Waals surface area (Å²) in [6.07, 6.45) is 7.13. The number of esters is 1. The van der Waals surface area contributed by atoms with Crippen LogP contribution in [0, 0.1) is 5.92 Å². The van der Waals surface area contributed by atoms with Crippen molar-refractivity contribution in [3.05, 3.63) is 35.9 Å². The Labute approximate surface area is 150 Å². The summed E-state index contributed by atoms with van der Waals surface area (Å²) in [5.41, 5.74) is -0.819. The lowest BCUT2D eigenvalue weighted by atomic mass is 9.80. The molecule has 1 aliphatic carbocycles. The highest BCUT2D eigenvalue weighted by atomic mass is 16.6. The van der Waals surface area contributed by atoms with Gasteiger partial charge < -0.3 is 14.3 Å². The van der Waals surface area contributed by atoms with Gasteiger partial charge >= 0.3 is 5.97 Å². The summed E-state index contributed by atoms with van der Waals surface area (Å²) in [7, 11) is 4.49. The van der Waals surface area contributed by atoms with Crippen molar-refractivity contribution in [3.8, 4) is 0 Å². The Morgan fingerprint density at radius 1 is 1.12 bits per heavy atom. The first-order chi connectivity index (χ1) is 11.9. The van der Waals surface area contributed by atoms with Crippen LogP contribution in [0.4, 0.5) is 0 Å². The van der Waals surface area contributed by atoms with Crippen LogP contribution < -0.4 is 0 Å². The van der Waals surface area contributed by atoms with Crippen LogP contribution in [0.1, 0.15) is 50.5 Å². The molecular weight excluding hydrogens is 314 g/mol. The van der Waals surface area contributed by atoms with Crippen LogP contribution in [0.5, 0.6) is 0 Å². The first-order valence-corrected chi connectivity index (χ1v) is 9.76. The highest BCUT2D eigenvalue weighted by Crippen LogP contribution is 2.46. The molecular formula is C21H30NO3+. The molecule has 2 heterocycles. The fraction of sp³-hybridized carbons (Fsp3) is 0.667. The summed E-state index contributed by atoms with van der Waals surface area (Å²) in [6, 6.07) is 10.4. The van der Waals surface area contributed by atoms with Crippen molar-refractivity contribution in [2.45, 2.75) is 68.7 Å². The summed E-state index contributed by atoms with van der Waals surface area (Å²) in [5, 5.41) is 11.5. The maximum atomic E-state index is 13.2. The fourth-order valence-corrected chi connectivity index (χ4v) is 5.64. The Balaban J connectivity index is 1.59. The Hall–Kier alpha value is -1.39. The van der Waals surface area contributed by atoms with Crippen molar-refractivity contribution >= 4 is 5.97 Å². The van der Waals surface area contributed by atoms with Gasteiger partial charge in [-0.1, -0.05) is 43.2 Å². The molecule has 0 aromatic heterocycles. The molecule has 3 fully saturated rings. The molecule has 1 saturated carbocycles. The predicted molar refractivity (Wildman–Crippen MR) is 95.7 cm³/mol. The number of likely N-dealkylation sites (N-methyl/N-ethyl adjacent to an activating group) is 1. The van der Waals surface area contributed by atoms with Crippen LogP contribution in [0.3, 0.4) is 0 Å². The fourth-order valence-electron chi connectivity index (χ4n) is 5.64. The molecule has 4 atom stereocenters. The predicted octanol–water partition coefficient (Wildman–Crippen LogP) is 2.99. The summed E-state index contributed by atoms with van der Waals surface area (Å²) >= 11 is 0. The third-order valence-corrected chi connectivity index (χ3v) is 7.25. The van der Waals surface area contributed by atoms with Crippen LogP contribution in [-0.4, -0.2) is 47.8 Å². The molecule has 4 rings (SSSR count). The number of benzene rings is 1. The van der Waals surface area contributed by atoms with E-state index in [1.165, 1.54) is 6.42 Å². The molecule has 3 aliphatic rings. The number of ether oxygens (including phenoxy) is 1. The lowest BCUT2D eigenvalue weighted by Gasteiger charge is -2.35. The second-order valence-electron chi connectivity index (χ2n) is 8.72. The van der Waals surface area contributed by atoms with Gasteiger partial charge in [-0.15, -0.1) is 0 Å². The van der Waals surface area contributed by atoms with E-state index < -0.39 is 11.6 Å². The van der Waals surface area contributed by atoms with Crippen LogP contribution in [-0.2, 0) is 15.1 Å². The van der Waals surface area contributed by atoms with E-state index in [9.17, 15) is 9.90 Å². The molecule has 0 spiro atoms. The number of carbonyl (C=O) groups is 1. The second-order valence-corrected chi connectivity index (χ2v) is 8.72. The number of aliphatic hydroxyl groups is 1. The number of nitrogens with zero attached hydrogens (tertiary/aromatic N) is 1. The zero-order valence-corrected chi connectivity index (χ0v) is 15.4. The zero-order valence-electron chi connectivity index (χ0n) is 15.4. The number of carbonyl (C=O) groups excluding carboxylic acids is 1. The van der Waals surface area contributed by atoms with Gasteiger partial charge in [-0.2, -0.15) is 0 Å². The Kier molecular flexibility index (Phi) is 4.16. The largest absolute Gasteiger partial charge is 0.453 e. The minimum absolute atomic E-state index is 0.0384. The van der Waals surface area contributed by atoms with Gasteiger partial charge in [-0.25, -0.2) is 4.79 Å². The molecule has 1 aromatic carbocycles. The number of hydrogen-bond donors (Lipinski definition) is 1. The Bertz CT molecular complexity index is 638. The van der Waals surface area contributed by atoms with Crippen LogP contribution in [0.2, 0.25) is 0 Å². The molecule has 2 saturated heterocycles. The van der Waals surface area contributed by atoms with Gasteiger partial charge in [0.1, 0.15) is 6.04 Å². The zero-order chi connectivity index (χ0) is 17.7. The van der Waals surface area contributed by atoms with Crippen molar-refractivity contribution < 1.29 is 19.1 Å². The molecule has 4 heteroatoms. The Morgan fingerprint density at radius 3 is 2.36 bits per heavy atom. The summed E-state index contributed by atoms with van der Waals surface area (Å²) in [6.45, 7) is 0. The van der Waals surface area contributed by atoms with E-state index in [4.69, 9.17) is 4.74 Å². The maximum absolute atomic E-state index is 13.2. The molecule has 25 heavy (non-hydrogen) atoms. The van der Waals surface area contributed by atoms with Gasteiger partial charge in [0.25, 0.3) is 0 Å². The average molecular weight is 344 g/mol. The summed E-state index contributed by atoms with van der Waals surface area (Å²) < 4.78 is 6.96. The van der Waals surface area contributed by atoms with Crippen LogP contribution >= 0.6 is 0 Å². The van der Waals surface area contributed by atoms with Gasteiger partial charge in [-0.3, -0.25) is 0 Å². The third kappa shape index (κ3) is 2.61. The van der Waals surface area contributed by atoms with E-state index in [1.807, 2.05) is 30.3 Å². The Morgan fingerprint density at radius 2 is 1.80 bits per heavy atom. The van der Waals surface area contributed by atoms with E-state index in [2.05, 4.69) is 14.1 Å². The summed E-state index contributed by atoms with van der Waals surface area (Å²) in [5.74, 6) is -0.466. The number of rotatable bonds is 4. The van der Waals surface area contributed by atoms with Gasteiger partial charge in [0.05, 0.1) is 20.1 Å². The minimum Gasteiger partial charge on any atom is -0.453 e. The van der Waals surface area contributed by atoms with Crippen molar-refractivity contribution in [1.29, 1.82) is 0 Å². The van der Waals surface area contributed by atoms with Gasteiger partial charge in [0.15, 0.2) is 11.7 Å². The van der Waals surface area contributed by atoms with Crippen molar-refractivity contribution in [3.63, 3.8) is 0 Å². The standard InChI is InChI=1S/C21H30NO3/c1-22(2)17-12-13-18(22)19(14-17)25-20(23)21(24,16-10-6-7-11-16)15-8-4-3-5-9-15/h3-5,8-9,16-19,24H,6-7,10-14H2,1-2H3/q+1/t17?,18-,19+,21?/m0/s1. The molecule has 2 unspecified atom stereocenters. The topological polar surface area (TPSA) is 46.5 Å². The van der Waals surface area contributed by atoms with E-state index in [0.29, 0.717) is 17.6 Å². The molecule has 4 nitrogen and oxygen atoms in total. The molecule has 1 N–H and O–H groups in total. The van der Waals surface area contributed by atoms with Crippen LogP contribution in [0.25, 0.3) is 0 Å². The minimum atomic E-state index is -1.50. The van der Waals surface area contributed by atoms with Crippen molar-refractivity contribution in [2.75, 3.05) is 14.1 Å². The molecule has 1 aromatic rings. The van der Waals surface area contributed by atoms with Crippen molar-refractivity contribution in [1.82, 2.24) is 0 Å². The monoisotopic (exact) mass is 344 g/mol. The average Bonchev–Trinajstić information content (AvgIpc) is 3.30. The van der Waals surface area contributed by atoms with E-state index in [1.54, 1.807) is 0 Å². The highest BCUT2D eigenvalue weighted by molar-refractivity contribution is 5.82. The summed E-state index contributed by atoms with van der Waals surface area (Å²) in [4.78, 5) is 13.2. The number of hydrogen-bond acceptors (Lipinski definition) is 3. The third-order valence-electron chi connectivity index (χ3n) is 7.25. The van der Waals surface area contributed by atoms with E-state index >= 15 is 0 Å². The van der Waals surface area contributed by atoms with E-state index in [-0.39, 0.29) is 12.0 Å². The van der Waals surface area contributed by atoms with E-state index in [0.717, 1.165) is 43.0 Å². The SMILES string of the molecule is C[N+]1(C)C2CC[C@H]1[C@H](OC(=O)C(O)(c1ccccc1)C1CCCC1)C2. The smallest absolute Gasteiger partial charge is 0.343 e.